The van der Waals surface area contributed by atoms with Crippen LogP contribution >= 0.6 is 0 Å². The van der Waals surface area contributed by atoms with Crippen LogP contribution in [0.25, 0.3) is 5.57 Å². The van der Waals surface area contributed by atoms with Crippen molar-refractivity contribution in [2.45, 2.75) is 113 Å². The number of fused-ring (bicyclic) bond motifs is 1. The number of hydrogen-bond acceptors (Lipinski definition) is 1. The monoisotopic (exact) mass is 520 g/mol. The van der Waals surface area contributed by atoms with Crippen LogP contribution in [-0.2, 0) is 24.0 Å². The Bertz CT molecular complexity index is 928. The second kappa shape index (κ2) is 18.4. The van der Waals surface area contributed by atoms with Crippen LogP contribution in [0.15, 0.2) is 54.2 Å². The van der Waals surface area contributed by atoms with Gasteiger partial charge in [-0.1, -0.05) is 103 Å². The lowest BCUT2D eigenvalue weighted by Gasteiger charge is -2.28. The van der Waals surface area contributed by atoms with E-state index in [4.69, 9.17) is 0 Å². The lowest BCUT2D eigenvalue weighted by atomic mass is 9.77. The molecule has 0 fully saturated rings. The second-order valence-corrected chi connectivity index (χ2v) is 11.8. The number of allylic oxidation sites excluding steroid dienone is 7. The molecule has 1 heteroatoms. The first-order valence-electron chi connectivity index (χ1n) is 15.4. The second-order valence-electron chi connectivity index (χ2n) is 11.8. The van der Waals surface area contributed by atoms with Crippen molar-refractivity contribution in [1.29, 1.82) is 0 Å². The number of rotatable bonds is 14. The van der Waals surface area contributed by atoms with E-state index >= 15 is 0 Å². The molecule has 1 aromatic carbocycles. The zero-order valence-electron chi connectivity index (χ0n) is 26.8. The summed E-state index contributed by atoms with van der Waals surface area (Å²) in [6, 6.07) is 4.86. The minimum Gasteiger partial charge on any atom is -0.388 e. The third kappa shape index (κ3) is 10.7. The molecular weight excluding hydrogens is 460 g/mol. The molecule has 1 aliphatic carbocycles. The van der Waals surface area contributed by atoms with Crippen molar-refractivity contribution in [2.24, 2.45) is 23.7 Å². The molecule has 0 amide bonds. The molecule has 1 nitrogen and oxygen atoms in total. The molecular formula is C37H60O. The molecule has 0 spiro atoms. The Balaban J connectivity index is 0.00000229. The van der Waals surface area contributed by atoms with Gasteiger partial charge in [0.15, 0.2) is 0 Å². The predicted molar refractivity (Wildman–Crippen MR) is 172 cm³/mol. The summed E-state index contributed by atoms with van der Waals surface area (Å²) >= 11 is 0. The molecule has 38 heavy (non-hydrogen) atoms. The van der Waals surface area contributed by atoms with Gasteiger partial charge in [0.2, 0.25) is 0 Å². The quantitative estimate of drug-likeness (QED) is 0.222. The number of hydrogen-bond donors (Lipinski definition) is 0. The van der Waals surface area contributed by atoms with Gasteiger partial charge in [0, 0.05) is 14.2 Å². The van der Waals surface area contributed by atoms with E-state index in [0.29, 0.717) is 11.8 Å². The average Bonchev–Trinajstić information content (AvgIpc) is 2.89. The summed E-state index contributed by atoms with van der Waals surface area (Å²) in [5, 5.41) is 0. The molecule has 2 rings (SSSR count). The van der Waals surface area contributed by atoms with Crippen LogP contribution in [0.3, 0.4) is 0 Å². The van der Waals surface area contributed by atoms with Gasteiger partial charge in [0.05, 0.1) is 0 Å². The van der Waals surface area contributed by atoms with Crippen molar-refractivity contribution >= 4 is 5.57 Å². The maximum absolute atomic E-state index is 4.55. The van der Waals surface area contributed by atoms with E-state index in [0.717, 1.165) is 31.1 Å². The van der Waals surface area contributed by atoms with Crippen LogP contribution in [0.1, 0.15) is 116 Å². The van der Waals surface area contributed by atoms with Gasteiger partial charge < -0.3 is 4.74 Å². The van der Waals surface area contributed by atoms with E-state index in [1.165, 1.54) is 71.9 Å². The van der Waals surface area contributed by atoms with E-state index in [9.17, 15) is 0 Å². The average molecular weight is 521 g/mol. The molecule has 0 radical (unpaired) electrons. The van der Waals surface area contributed by atoms with Gasteiger partial charge in [-0.2, -0.15) is 0 Å². The summed E-state index contributed by atoms with van der Waals surface area (Å²) in [4.78, 5) is 0. The molecule has 0 N–H and O–H groups in total. The van der Waals surface area contributed by atoms with E-state index in [-0.39, 0.29) is 0 Å². The van der Waals surface area contributed by atoms with Gasteiger partial charge >= 0.3 is 0 Å². The third-order valence-electron chi connectivity index (χ3n) is 8.41. The maximum Gasteiger partial charge on any atom is 0.0351 e. The number of aryl methyl sites for hydroxylation is 2. The van der Waals surface area contributed by atoms with Gasteiger partial charge in [-0.05, 0) is 115 Å². The summed E-state index contributed by atoms with van der Waals surface area (Å²) in [6.45, 7) is 23.3. The highest BCUT2D eigenvalue weighted by atomic mass is 16.4. The minimum atomic E-state index is 0.672. The fourth-order valence-electron chi connectivity index (χ4n) is 5.98. The Morgan fingerprint density at radius 3 is 2.18 bits per heavy atom. The predicted octanol–water partition coefficient (Wildman–Crippen LogP) is 11.0. The van der Waals surface area contributed by atoms with Gasteiger partial charge in [0.25, 0.3) is 0 Å². The summed E-state index contributed by atoms with van der Waals surface area (Å²) < 4.78 is 4.25. The van der Waals surface area contributed by atoms with E-state index in [1.54, 1.807) is 19.8 Å². The zero-order valence-corrected chi connectivity index (χ0v) is 26.8. The fourth-order valence-corrected chi connectivity index (χ4v) is 5.98. The standard InChI is InChI=1S/C35H54.C2H6O/c1-10-16-25(5)17-14-15-18-31(12-3)27(7)21-26(6)19-20-33-24-34-23-30(11-2)22-32(13-4)35(34)29(9)28(33)8;1-3-2/h14-15,17-18,22-23,25-27,31H,9-13,16,19-21,24H2,1-8H3;1-2H3/b17-14+,18-15+;. The SMILES string of the molecule is C=C1C(C)=C(CCC(C)CC(C)C(/C=C/C=C/C(C)CCC)CC)Cc2cc(CC)cc(CC)c21.COC. The van der Waals surface area contributed by atoms with Crippen molar-refractivity contribution in [1.82, 2.24) is 0 Å². The highest BCUT2D eigenvalue weighted by molar-refractivity contribution is 5.84. The summed E-state index contributed by atoms with van der Waals surface area (Å²) in [7, 11) is 3.25. The lowest BCUT2D eigenvalue weighted by Crippen LogP contribution is -2.14. The molecule has 4 unspecified atom stereocenters. The van der Waals surface area contributed by atoms with E-state index < -0.39 is 0 Å². The highest BCUT2D eigenvalue weighted by Crippen LogP contribution is 2.39. The number of ether oxygens (including phenoxy) is 1. The number of benzene rings is 1. The van der Waals surface area contributed by atoms with Crippen LogP contribution < -0.4 is 0 Å². The first-order valence-corrected chi connectivity index (χ1v) is 15.4. The molecule has 0 aliphatic heterocycles. The molecule has 0 aromatic heterocycles. The normalized spacial score (nSPS) is 16.8. The number of methoxy groups -OCH3 is 1. The Morgan fingerprint density at radius 1 is 0.947 bits per heavy atom. The third-order valence-corrected chi connectivity index (χ3v) is 8.41. The van der Waals surface area contributed by atoms with Crippen LogP contribution in [0.2, 0.25) is 0 Å². The summed E-state index contributed by atoms with van der Waals surface area (Å²) in [6.07, 6.45) is 20.3. The van der Waals surface area contributed by atoms with Gasteiger partial charge in [-0.25, -0.2) is 0 Å². The van der Waals surface area contributed by atoms with E-state index in [2.05, 4.69) is 103 Å². The fraction of sp³-hybridized carbons (Fsp3) is 0.622. The van der Waals surface area contributed by atoms with Crippen LogP contribution in [-0.4, -0.2) is 14.2 Å². The first kappa shape index (κ1) is 34.2. The van der Waals surface area contributed by atoms with Crippen molar-refractivity contribution in [2.75, 3.05) is 14.2 Å². The highest BCUT2D eigenvalue weighted by Gasteiger charge is 2.23. The molecule has 0 saturated carbocycles. The summed E-state index contributed by atoms with van der Waals surface area (Å²) in [5.41, 5.74) is 10.3. The first-order chi connectivity index (χ1) is 18.2. The van der Waals surface area contributed by atoms with Crippen LogP contribution in [0.4, 0.5) is 0 Å². The van der Waals surface area contributed by atoms with Gasteiger partial charge in [-0.15, -0.1) is 0 Å². The largest absolute Gasteiger partial charge is 0.388 e. The van der Waals surface area contributed by atoms with Gasteiger partial charge in [0.1, 0.15) is 0 Å². The Labute approximate surface area is 237 Å². The van der Waals surface area contributed by atoms with Crippen molar-refractivity contribution in [3.05, 3.63) is 76.4 Å². The molecule has 0 heterocycles. The van der Waals surface area contributed by atoms with Crippen molar-refractivity contribution in [3.63, 3.8) is 0 Å². The van der Waals surface area contributed by atoms with Crippen LogP contribution in [0, 0.1) is 23.7 Å². The molecule has 4 atom stereocenters. The topological polar surface area (TPSA) is 9.23 Å². The van der Waals surface area contributed by atoms with Crippen molar-refractivity contribution in [3.8, 4) is 0 Å². The van der Waals surface area contributed by atoms with Crippen LogP contribution in [0.5, 0.6) is 0 Å². The Hall–Kier alpha value is -1.86. The van der Waals surface area contributed by atoms with E-state index in [1.807, 2.05) is 0 Å². The molecule has 1 aliphatic rings. The Kier molecular flexibility index (Phi) is 16.6. The smallest absolute Gasteiger partial charge is 0.0351 e. The lowest BCUT2D eigenvalue weighted by molar-refractivity contribution is 0.277. The minimum absolute atomic E-state index is 0.672. The molecule has 0 bridgehead atoms. The van der Waals surface area contributed by atoms with Crippen molar-refractivity contribution < 1.29 is 4.74 Å². The zero-order chi connectivity index (χ0) is 28.7. The molecule has 214 valence electrons. The molecule has 0 saturated heterocycles. The maximum atomic E-state index is 4.55. The Morgan fingerprint density at radius 2 is 1.61 bits per heavy atom. The molecule has 1 aromatic rings. The summed E-state index contributed by atoms with van der Waals surface area (Å²) in [5.74, 6) is 2.83. The van der Waals surface area contributed by atoms with Gasteiger partial charge in [-0.3, -0.25) is 0 Å².